The molecule has 0 fully saturated rings. The van der Waals surface area contributed by atoms with E-state index in [2.05, 4.69) is 0 Å². The van der Waals surface area contributed by atoms with Crippen LogP contribution in [0.3, 0.4) is 0 Å². The molecule has 12 heavy (non-hydrogen) atoms. The van der Waals surface area contributed by atoms with Gasteiger partial charge in [0, 0.05) is 29.6 Å². The molecule has 2 atom stereocenters. The number of aliphatic hydroxyl groups is 4. The van der Waals surface area contributed by atoms with Gasteiger partial charge < -0.3 is 25.2 Å². The first-order chi connectivity index (χ1) is 5.20. The second kappa shape index (κ2) is 9.88. The van der Waals surface area contributed by atoms with E-state index < -0.39 is 12.2 Å². The van der Waals surface area contributed by atoms with Crippen LogP contribution < -0.4 is 0 Å². The zero-order chi connectivity index (χ0) is 8.69. The van der Waals surface area contributed by atoms with Crippen LogP contribution in [0.25, 0.3) is 0 Å². The Balaban J connectivity index is 0. The molecule has 0 amide bonds. The van der Waals surface area contributed by atoms with Gasteiger partial charge in [0.05, 0.1) is 26.4 Å². The summed E-state index contributed by atoms with van der Waals surface area (Å²) >= 11 is 0. The molecule has 2 unspecified atom stereocenters. The summed E-state index contributed by atoms with van der Waals surface area (Å²) in [6.45, 7) is -0.800. The van der Waals surface area contributed by atoms with Gasteiger partial charge in [0.1, 0.15) is 12.2 Å². The summed E-state index contributed by atoms with van der Waals surface area (Å²) in [5.41, 5.74) is 0. The third-order valence-corrected chi connectivity index (χ3v) is 1.04. The van der Waals surface area contributed by atoms with Crippen molar-refractivity contribution in [2.75, 3.05) is 26.4 Å². The van der Waals surface area contributed by atoms with Crippen molar-refractivity contribution in [3.05, 3.63) is 0 Å². The van der Waals surface area contributed by atoms with Crippen LogP contribution in [-0.4, -0.2) is 88.6 Å². The first kappa shape index (κ1) is 15.3. The van der Waals surface area contributed by atoms with Crippen molar-refractivity contribution >= 4 is 29.6 Å². The molecule has 0 heterocycles. The summed E-state index contributed by atoms with van der Waals surface area (Å²) in [7, 11) is 0. The quantitative estimate of drug-likeness (QED) is 0.342. The van der Waals surface area contributed by atoms with Crippen molar-refractivity contribution in [1.82, 2.24) is 0 Å². The van der Waals surface area contributed by atoms with Crippen molar-refractivity contribution in [3.8, 4) is 0 Å². The van der Waals surface area contributed by atoms with E-state index >= 15 is 0 Å². The Kier molecular flexibility index (Phi) is 12.6. The molecule has 5 nitrogen and oxygen atoms in total. The van der Waals surface area contributed by atoms with E-state index in [0.29, 0.717) is 0 Å². The monoisotopic (exact) mass is 189 g/mol. The van der Waals surface area contributed by atoms with Crippen LogP contribution >= 0.6 is 0 Å². The Morgan fingerprint density at radius 1 is 0.917 bits per heavy atom. The molecule has 6 heteroatoms. The van der Waals surface area contributed by atoms with Crippen LogP contribution in [0.5, 0.6) is 0 Å². The van der Waals surface area contributed by atoms with Crippen molar-refractivity contribution in [2.24, 2.45) is 0 Å². The van der Waals surface area contributed by atoms with Crippen LogP contribution in [0.2, 0.25) is 0 Å². The minimum absolute atomic E-state index is 0. The largest absolute Gasteiger partial charge is 0.394 e. The summed E-state index contributed by atoms with van der Waals surface area (Å²) in [6, 6.07) is 0. The fraction of sp³-hybridized carbons (Fsp3) is 1.00. The van der Waals surface area contributed by atoms with E-state index in [4.69, 9.17) is 25.2 Å². The smallest absolute Gasteiger partial charge is 0.100 e. The van der Waals surface area contributed by atoms with Crippen molar-refractivity contribution < 1.29 is 25.2 Å². The minimum atomic E-state index is -0.916. The molecular formula is C6H14NaO5. The van der Waals surface area contributed by atoms with E-state index in [0.717, 1.165) is 0 Å². The predicted molar refractivity (Wildman–Crippen MR) is 42.8 cm³/mol. The SMILES string of the molecule is OCC(O)COCC(O)CO.[Na]. The number of hydrogen-bond donors (Lipinski definition) is 4. The normalized spacial score (nSPS) is 15.0. The molecule has 0 saturated heterocycles. The number of hydrogen-bond acceptors (Lipinski definition) is 5. The van der Waals surface area contributed by atoms with E-state index in [-0.39, 0.29) is 56.0 Å². The molecule has 0 aromatic heterocycles. The molecule has 0 aliphatic rings. The number of rotatable bonds is 6. The zero-order valence-corrected chi connectivity index (χ0v) is 9.18. The average molecular weight is 189 g/mol. The average Bonchev–Trinajstić information content (AvgIpc) is 2.04. The zero-order valence-electron chi connectivity index (χ0n) is 7.18. The fourth-order valence-electron chi connectivity index (χ4n) is 0.446. The standard InChI is InChI=1S/C6H14O5.Na/c7-1-5(9)3-11-4-6(10)2-8;/h5-10H,1-4H2;. The van der Waals surface area contributed by atoms with Gasteiger partial charge in [-0.3, -0.25) is 0 Å². The second-order valence-corrected chi connectivity index (χ2v) is 2.21. The van der Waals surface area contributed by atoms with Crippen molar-refractivity contribution in [1.29, 1.82) is 0 Å². The van der Waals surface area contributed by atoms with Gasteiger partial charge >= 0.3 is 0 Å². The van der Waals surface area contributed by atoms with Gasteiger partial charge in [-0.05, 0) is 0 Å². The fourth-order valence-corrected chi connectivity index (χ4v) is 0.446. The third kappa shape index (κ3) is 8.89. The Hall–Kier alpha value is 0.800. The van der Waals surface area contributed by atoms with Gasteiger partial charge in [-0.1, -0.05) is 0 Å². The molecule has 0 saturated carbocycles. The van der Waals surface area contributed by atoms with E-state index in [9.17, 15) is 0 Å². The molecule has 0 aromatic carbocycles. The minimum Gasteiger partial charge on any atom is -0.394 e. The Morgan fingerprint density at radius 2 is 1.25 bits per heavy atom. The van der Waals surface area contributed by atoms with Crippen LogP contribution in [-0.2, 0) is 4.74 Å². The van der Waals surface area contributed by atoms with Gasteiger partial charge in [0.25, 0.3) is 0 Å². The van der Waals surface area contributed by atoms with Crippen LogP contribution in [0.1, 0.15) is 0 Å². The first-order valence-electron chi connectivity index (χ1n) is 3.36. The maximum Gasteiger partial charge on any atom is 0.100 e. The Bertz CT molecular complexity index is 82.0. The molecule has 4 N–H and O–H groups in total. The maximum atomic E-state index is 8.72. The predicted octanol–water partition coefficient (Wildman–Crippen LogP) is -2.67. The maximum absolute atomic E-state index is 8.72. The van der Waals surface area contributed by atoms with E-state index in [1.165, 1.54) is 0 Å². The molecule has 69 valence electrons. The van der Waals surface area contributed by atoms with Gasteiger partial charge in [-0.2, -0.15) is 0 Å². The summed E-state index contributed by atoms with van der Waals surface area (Å²) in [4.78, 5) is 0. The summed E-state index contributed by atoms with van der Waals surface area (Å²) < 4.78 is 4.72. The molecule has 0 spiro atoms. The number of aliphatic hydroxyl groups excluding tert-OH is 4. The topological polar surface area (TPSA) is 90.2 Å². The van der Waals surface area contributed by atoms with E-state index in [1.54, 1.807) is 0 Å². The summed E-state index contributed by atoms with van der Waals surface area (Å²) in [5, 5.41) is 34.1. The van der Waals surface area contributed by atoms with Gasteiger partial charge in [-0.25, -0.2) is 0 Å². The number of ether oxygens (including phenoxy) is 1. The molecular weight excluding hydrogens is 175 g/mol. The molecule has 0 aliphatic heterocycles. The molecule has 0 rings (SSSR count). The van der Waals surface area contributed by atoms with E-state index in [1.807, 2.05) is 0 Å². The van der Waals surface area contributed by atoms with Crippen LogP contribution in [0.15, 0.2) is 0 Å². The Morgan fingerprint density at radius 3 is 1.50 bits per heavy atom. The van der Waals surface area contributed by atoms with Gasteiger partial charge in [0.15, 0.2) is 0 Å². The third-order valence-electron chi connectivity index (χ3n) is 1.04. The van der Waals surface area contributed by atoms with Crippen molar-refractivity contribution in [3.63, 3.8) is 0 Å². The van der Waals surface area contributed by atoms with Gasteiger partial charge in [0.2, 0.25) is 0 Å². The second-order valence-electron chi connectivity index (χ2n) is 2.21. The van der Waals surface area contributed by atoms with Crippen LogP contribution in [0.4, 0.5) is 0 Å². The van der Waals surface area contributed by atoms with Gasteiger partial charge in [-0.15, -0.1) is 0 Å². The molecule has 1 radical (unpaired) electrons. The molecule has 0 aliphatic carbocycles. The Labute approximate surface area is 93.3 Å². The summed E-state index contributed by atoms with van der Waals surface area (Å²) in [5.74, 6) is 0. The molecule has 0 aromatic rings. The molecule has 0 bridgehead atoms. The summed E-state index contributed by atoms with van der Waals surface area (Å²) in [6.07, 6.45) is -1.83. The van der Waals surface area contributed by atoms with Crippen LogP contribution in [0, 0.1) is 0 Å². The van der Waals surface area contributed by atoms with Crippen molar-refractivity contribution in [2.45, 2.75) is 12.2 Å². The first-order valence-corrected chi connectivity index (χ1v) is 3.36.